The van der Waals surface area contributed by atoms with Crippen molar-refractivity contribution in [2.75, 3.05) is 5.75 Å². The molecule has 4 rings (SSSR count). The fourth-order valence-corrected chi connectivity index (χ4v) is 3.28. The summed E-state index contributed by atoms with van der Waals surface area (Å²) in [6, 6.07) is 15.4. The van der Waals surface area contributed by atoms with E-state index >= 15 is 0 Å². The first-order chi connectivity index (χ1) is 13.6. The number of hydrogen-bond acceptors (Lipinski definition) is 6. The van der Waals surface area contributed by atoms with Crippen LogP contribution in [0.3, 0.4) is 0 Å². The summed E-state index contributed by atoms with van der Waals surface area (Å²) in [5.74, 6) is 0.197. The molecule has 0 spiro atoms. The number of aromatic nitrogens is 2. The normalized spacial score (nSPS) is 12.2. The fourth-order valence-electron chi connectivity index (χ4n) is 2.71. The minimum absolute atomic E-state index is 0.0802. The van der Waals surface area contributed by atoms with Crippen molar-refractivity contribution in [2.45, 2.75) is 18.2 Å². The predicted molar refractivity (Wildman–Crippen MR) is 103 cm³/mol. The highest BCUT2D eigenvalue weighted by Crippen LogP contribution is 2.26. The summed E-state index contributed by atoms with van der Waals surface area (Å²) in [7, 11) is 0. The van der Waals surface area contributed by atoms with Crippen LogP contribution in [0.4, 0.5) is 4.39 Å². The Labute approximate surface area is 164 Å². The van der Waals surface area contributed by atoms with Crippen molar-refractivity contribution in [1.82, 2.24) is 15.5 Å². The van der Waals surface area contributed by atoms with E-state index in [4.69, 9.17) is 8.83 Å². The Morgan fingerprint density at radius 3 is 2.75 bits per heavy atom. The van der Waals surface area contributed by atoms with Crippen LogP contribution in [0, 0.1) is 5.82 Å². The molecule has 2 aromatic heterocycles. The maximum Gasteiger partial charge on any atom is 0.277 e. The van der Waals surface area contributed by atoms with Gasteiger partial charge in [-0.25, -0.2) is 4.39 Å². The smallest absolute Gasteiger partial charge is 0.277 e. The van der Waals surface area contributed by atoms with Crippen molar-refractivity contribution >= 4 is 28.6 Å². The van der Waals surface area contributed by atoms with Crippen LogP contribution in [0.15, 0.2) is 68.7 Å². The first-order valence-corrected chi connectivity index (χ1v) is 9.58. The number of carbonyl (C=O) groups is 1. The van der Waals surface area contributed by atoms with Crippen LogP contribution < -0.4 is 5.32 Å². The molecule has 0 unspecified atom stereocenters. The molecule has 0 radical (unpaired) electrons. The lowest BCUT2D eigenvalue weighted by atomic mass is 10.2. The number of halogens is 1. The SMILES string of the molecule is C[C@H](NC(=O)CSc1nnc(-c2ccccc2F)o1)c1cc2ccccc2o1. The van der Waals surface area contributed by atoms with Gasteiger partial charge in [-0.15, -0.1) is 10.2 Å². The number of rotatable bonds is 6. The van der Waals surface area contributed by atoms with Crippen molar-refractivity contribution in [3.05, 3.63) is 66.2 Å². The molecule has 0 aliphatic carbocycles. The largest absolute Gasteiger partial charge is 0.459 e. The molecule has 1 amide bonds. The van der Waals surface area contributed by atoms with Gasteiger partial charge in [0.15, 0.2) is 0 Å². The van der Waals surface area contributed by atoms with E-state index in [1.165, 1.54) is 6.07 Å². The molecule has 0 aliphatic heterocycles. The van der Waals surface area contributed by atoms with Gasteiger partial charge in [0.2, 0.25) is 5.91 Å². The minimum atomic E-state index is -0.444. The Balaban J connectivity index is 1.35. The summed E-state index contributed by atoms with van der Waals surface area (Å²) in [4.78, 5) is 12.2. The molecule has 4 aromatic rings. The number of benzene rings is 2. The number of amides is 1. The zero-order chi connectivity index (χ0) is 19.5. The maximum absolute atomic E-state index is 13.8. The second kappa shape index (κ2) is 7.85. The number of carbonyl (C=O) groups excluding carboxylic acids is 1. The molecule has 142 valence electrons. The third-order valence-corrected chi connectivity index (χ3v) is 4.90. The van der Waals surface area contributed by atoms with Crippen molar-refractivity contribution in [1.29, 1.82) is 0 Å². The van der Waals surface area contributed by atoms with Crippen molar-refractivity contribution in [2.24, 2.45) is 0 Å². The van der Waals surface area contributed by atoms with Crippen molar-refractivity contribution in [3.63, 3.8) is 0 Å². The standard InChI is InChI=1S/C20H16FN3O3S/c1-12(17-10-13-6-2-5-9-16(13)26-17)22-18(25)11-28-20-24-23-19(27-20)14-7-3-4-8-15(14)21/h2-10,12H,11H2,1H3,(H,22,25)/t12-/m0/s1. The van der Waals surface area contributed by atoms with Crippen LogP contribution in [0.1, 0.15) is 18.7 Å². The van der Waals surface area contributed by atoms with E-state index in [1.807, 2.05) is 37.3 Å². The van der Waals surface area contributed by atoms with Crippen LogP contribution in [0.2, 0.25) is 0 Å². The Hall–Kier alpha value is -3.13. The second-order valence-corrected chi connectivity index (χ2v) is 7.04. The molecule has 0 aliphatic rings. The first kappa shape index (κ1) is 18.2. The number of furan rings is 1. The first-order valence-electron chi connectivity index (χ1n) is 8.59. The van der Waals surface area contributed by atoms with E-state index in [-0.39, 0.29) is 34.4 Å². The molecule has 1 atom stereocenters. The Kier molecular flexibility index (Phi) is 5.12. The van der Waals surface area contributed by atoms with Gasteiger partial charge >= 0.3 is 0 Å². The van der Waals surface area contributed by atoms with Gasteiger partial charge in [-0.2, -0.15) is 0 Å². The summed E-state index contributed by atoms with van der Waals surface area (Å²) in [5.41, 5.74) is 1.00. The quantitative estimate of drug-likeness (QED) is 0.479. The van der Waals surface area contributed by atoms with Gasteiger partial charge in [0.05, 0.1) is 17.4 Å². The predicted octanol–water partition coefficient (Wildman–Crippen LogP) is 4.59. The van der Waals surface area contributed by atoms with Gasteiger partial charge in [-0.3, -0.25) is 4.79 Å². The van der Waals surface area contributed by atoms with E-state index in [0.717, 1.165) is 22.7 Å². The van der Waals surface area contributed by atoms with Crippen molar-refractivity contribution < 1.29 is 18.0 Å². The lowest BCUT2D eigenvalue weighted by molar-refractivity contribution is -0.119. The Morgan fingerprint density at radius 2 is 1.93 bits per heavy atom. The van der Waals surface area contributed by atoms with Crippen LogP contribution in [0.5, 0.6) is 0 Å². The number of fused-ring (bicyclic) bond motifs is 1. The van der Waals surface area contributed by atoms with E-state index in [2.05, 4.69) is 15.5 Å². The van der Waals surface area contributed by atoms with Gasteiger partial charge < -0.3 is 14.2 Å². The summed E-state index contributed by atoms with van der Waals surface area (Å²) >= 11 is 1.09. The van der Waals surface area contributed by atoms with E-state index in [9.17, 15) is 9.18 Å². The Bertz CT molecular complexity index is 1090. The van der Waals surface area contributed by atoms with Crippen molar-refractivity contribution in [3.8, 4) is 11.5 Å². The lowest BCUT2D eigenvalue weighted by Gasteiger charge is -2.10. The Morgan fingerprint density at radius 1 is 1.14 bits per heavy atom. The summed E-state index contributed by atoms with van der Waals surface area (Å²) in [6.07, 6.45) is 0. The number of hydrogen-bond donors (Lipinski definition) is 1. The van der Waals surface area contributed by atoms with Gasteiger partial charge in [0.1, 0.15) is 17.2 Å². The summed E-state index contributed by atoms with van der Waals surface area (Å²) in [6.45, 7) is 1.85. The van der Waals surface area contributed by atoms with Gasteiger partial charge in [-0.05, 0) is 31.2 Å². The van der Waals surface area contributed by atoms with Gasteiger partial charge in [0.25, 0.3) is 11.1 Å². The number of nitrogens with zero attached hydrogens (tertiary/aromatic N) is 2. The molecule has 28 heavy (non-hydrogen) atoms. The highest BCUT2D eigenvalue weighted by Gasteiger charge is 2.17. The highest BCUT2D eigenvalue weighted by atomic mass is 32.2. The lowest BCUT2D eigenvalue weighted by Crippen LogP contribution is -2.27. The fraction of sp³-hybridized carbons (Fsp3) is 0.150. The van der Waals surface area contributed by atoms with E-state index < -0.39 is 5.82 Å². The third-order valence-electron chi connectivity index (χ3n) is 4.09. The topological polar surface area (TPSA) is 81.2 Å². The molecule has 0 fully saturated rings. The van der Waals surface area contributed by atoms with Gasteiger partial charge in [-0.1, -0.05) is 42.1 Å². The molecular formula is C20H16FN3O3S. The average molecular weight is 397 g/mol. The number of nitrogens with one attached hydrogen (secondary N) is 1. The van der Waals surface area contributed by atoms with Gasteiger partial charge in [0, 0.05) is 5.39 Å². The minimum Gasteiger partial charge on any atom is -0.459 e. The summed E-state index contributed by atoms with van der Waals surface area (Å²) < 4.78 is 25.0. The number of para-hydroxylation sites is 1. The molecule has 1 N–H and O–H groups in total. The molecule has 8 heteroatoms. The summed E-state index contributed by atoms with van der Waals surface area (Å²) in [5, 5.41) is 11.7. The zero-order valence-electron chi connectivity index (χ0n) is 14.9. The van der Waals surface area contributed by atoms with E-state index in [1.54, 1.807) is 18.2 Å². The molecule has 6 nitrogen and oxygen atoms in total. The molecule has 2 heterocycles. The second-order valence-electron chi connectivity index (χ2n) is 6.12. The average Bonchev–Trinajstić information content (AvgIpc) is 3.34. The zero-order valence-corrected chi connectivity index (χ0v) is 15.7. The molecule has 0 saturated carbocycles. The molecule has 0 saturated heterocycles. The molecule has 2 aromatic carbocycles. The maximum atomic E-state index is 13.8. The van der Waals surface area contributed by atoms with E-state index in [0.29, 0.717) is 5.76 Å². The van der Waals surface area contributed by atoms with Crippen LogP contribution in [0.25, 0.3) is 22.4 Å². The monoisotopic (exact) mass is 397 g/mol. The van der Waals surface area contributed by atoms with Crippen LogP contribution in [-0.2, 0) is 4.79 Å². The third kappa shape index (κ3) is 3.91. The molecular weight excluding hydrogens is 381 g/mol. The number of thioether (sulfide) groups is 1. The van der Waals surface area contributed by atoms with Crippen LogP contribution >= 0.6 is 11.8 Å². The highest BCUT2D eigenvalue weighted by molar-refractivity contribution is 7.99. The molecule has 0 bridgehead atoms. The van der Waals surface area contributed by atoms with Crippen LogP contribution in [-0.4, -0.2) is 21.9 Å².